The molecule has 1 aliphatic carbocycles. The van der Waals surface area contributed by atoms with Crippen molar-refractivity contribution in [2.24, 2.45) is 11.1 Å². The molecule has 3 rings (SSSR count). The lowest BCUT2D eigenvalue weighted by atomic mass is 9.62. The molecule has 0 aromatic heterocycles. The van der Waals surface area contributed by atoms with Gasteiger partial charge in [0, 0.05) is 17.1 Å². The largest absolute Gasteiger partial charge is 0.399 e. The lowest BCUT2D eigenvalue weighted by molar-refractivity contribution is 0.203. The third kappa shape index (κ3) is 1.49. The van der Waals surface area contributed by atoms with Gasteiger partial charge in [-0.3, -0.25) is 0 Å². The second kappa shape index (κ2) is 4.10. The number of fused-ring (bicyclic) bond motifs is 1. The zero-order valence-electron chi connectivity index (χ0n) is 12.4. The summed E-state index contributed by atoms with van der Waals surface area (Å²) in [6.07, 6.45) is 0. The van der Waals surface area contributed by atoms with Crippen LogP contribution in [0, 0.1) is 5.41 Å². The molecule has 2 atom stereocenters. The number of nitrogen functional groups attached to an aromatic ring is 1. The van der Waals surface area contributed by atoms with E-state index in [-0.39, 0.29) is 16.9 Å². The van der Waals surface area contributed by atoms with Gasteiger partial charge < -0.3 is 11.5 Å². The first-order valence-electron chi connectivity index (χ1n) is 7.10. The van der Waals surface area contributed by atoms with E-state index in [1.165, 1.54) is 16.7 Å². The van der Waals surface area contributed by atoms with Crippen molar-refractivity contribution in [3.63, 3.8) is 0 Å². The summed E-state index contributed by atoms with van der Waals surface area (Å²) in [5, 5.41) is 0. The maximum Gasteiger partial charge on any atom is 0.0361 e. The fourth-order valence-electron chi connectivity index (χ4n) is 3.61. The second-order valence-electron chi connectivity index (χ2n) is 6.53. The number of hydrogen-bond donors (Lipinski definition) is 2. The Bertz CT molecular complexity index is 643. The minimum absolute atomic E-state index is 0.0428. The normalized spacial score (nSPS) is 27.3. The summed E-state index contributed by atoms with van der Waals surface area (Å²) in [5.41, 5.74) is 16.9. The number of hydrogen-bond acceptors (Lipinski definition) is 2. The van der Waals surface area contributed by atoms with Gasteiger partial charge in [-0.05, 0) is 34.2 Å². The van der Waals surface area contributed by atoms with Crippen molar-refractivity contribution in [1.82, 2.24) is 0 Å². The lowest BCUT2D eigenvalue weighted by Crippen LogP contribution is -2.40. The number of anilines is 1. The van der Waals surface area contributed by atoms with Gasteiger partial charge in [-0.1, -0.05) is 57.2 Å². The number of benzene rings is 2. The first-order chi connectivity index (χ1) is 9.39. The fourth-order valence-corrected chi connectivity index (χ4v) is 3.61. The maximum absolute atomic E-state index is 6.54. The number of rotatable bonds is 1. The van der Waals surface area contributed by atoms with E-state index in [1.807, 2.05) is 12.1 Å². The average Bonchev–Trinajstić information content (AvgIpc) is 2.60. The van der Waals surface area contributed by atoms with Crippen molar-refractivity contribution in [2.75, 3.05) is 5.73 Å². The quantitative estimate of drug-likeness (QED) is 0.775. The molecule has 0 saturated heterocycles. The van der Waals surface area contributed by atoms with E-state index in [9.17, 15) is 0 Å². The van der Waals surface area contributed by atoms with Gasteiger partial charge in [0.25, 0.3) is 0 Å². The van der Waals surface area contributed by atoms with Crippen LogP contribution < -0.4 is 11.5 Å². The molecule has 2 unspecified atom stereocenters. The fraction of sp³-hybridized carbons (Fsp3) is 0.333. The van der Waals surface area contributed by atoms with Gasteiger partial charge in [-0.2, -0.15) is 0 Å². The third-order valence-corrected chi connectivity index (χ3v) is 5.39. The second-order valence-corrected chi connectivity index (χ2v) is 6.53. The Labute approximate surface area is 120 Å². The zero-order chi connectivity index (χ0) is 14.5. The molecule has 0 radical (unpaired) electrons. The van der Waals surface area contributed by atoms with Gasteiger partial charge in [-0.15, -0.1) is 0 Å². The number of nitrogens with two attached hydrogens (primary N) is 2. The highest BCUT2D eigenvalue weighted by Gasteiger charge is 2.54. The molecule has 0 amide bonds. The van der Waals surface area contributed by atoms with Crippen molar-refractivity contribution in [3.8, 4) is 0 Å². The van der Waals surface area contributed by atoms with Crippen molar-refractivity contribution >= 4 is 5.69 Å². The van der Waals surface area contributed by atoms with Crippen molar-refractivity contribution in [2.45, 2.75) is 32.2 Å². The van der Waals surface area contributed by atoms with Crippen LogP contribution in [0.25, 0.3) is 0 Å². The molecule has 2 aromatic rings. The van der Waals surface area contributed by atoms with Crippen LogP contribution in [-0.2, 0) is 5.41 Å². The van der Waals surface area contributed by atoms with Crippen LogP contribution in [0.4, 0.5) is 5.69 Å². The van der Waals surface area contributed by atoms with Crippen molar-refractivity contribution in [3.05, 3.63) is 65.2 Å². The average molecular weight is 266 g/mol. The van der Waals surface area contributed by atoms with Crippen LogP contribution in [0.5, 0.6) is 0 Å². The summed E-state index contributed by atoms with van der Waals surface area (Å²) in [6, 6.07) is 16.8. The summed E-state index contributed by atoms with van der Waals surface area (Å²) in [4.78, 5) is 0. The van der Waals surface area contributed by atoms with E-state index in [4.69, 9.17) is 11.5 Å². The third-order valence-electron chi connectivity index (χ3n) is 5.39. The first kappa shape index (κ1) is 13.2. The van der Waals surface area contributed by atoms with Crippen LogP contribution in [0.3, 0.4) is 0 Å². The molecule has 2 nitrogen and oxygen atoms in total. The van der Waals surface area contributed by atoms with Crippen LogP contribution in [-0.4, -0.2) is 0 Å². The van der Waals surface area contributed by atoms with E-state index in [2.05, 4.69) is 57.2 Å². The molecular formula is C18H22N2. The summed E-state index contributed by atoms with van der Waals surface area (Å²) in [5.74, 6) is 0. The predicted octanol–water partition coefficient (Wildman–Crippen LogP) is 3.61. The Morgan fingerprint density at radius 2 is 1.50 bits per heavy atom. The molecule has 0 heterocycles. The minimum atomic E-state index is -0.100. The summed E-state index contributed by atoms with van der Waals surface area (Å²) in [7, 11) is 0. The molecule has 2 aromatic carbocycles. The van der Waals surface area contributed by atoms with Crippen molar-refractivity contribution in [1.29, 1.82) is 0 Å². The smallest absolute Gasteiger partial charge is 0.0361 e. The van der Waals surface area contributed by atoms with Gasteiger partial charge in [0.2, 0.25) is 0 Å². The Balaban J connectivity index is 2.27. The van der Waals surface area contributed by atoms with Crippen LogP contribution >= 0.6 is 0 Å². The predicted molar refractivity (Wildman–Crippen MR) is 84.5 cm³/mol. The monoisotopic (exact) mass is 266 g/mol. The zero-order valence-corrected chi connectivity index (χ0v) is 12.4. The van der Waals surface area contributed by atoms with Crippen LogP contribution in [0.1, 0.15) is 43.5 Å². The lowest BCUT2D eigenvalue weighted by Gasteiger charge is -2.42. The van der Waals surface area contributed by atoms with E-state index in [0.717, 1.165) is 5.69 Å². The Morgan fingerprint density at radius 3 is 2.15 bits per heavy atom. The van der Waals surface area contributed by atoms with E-state index >= 15 is 0 Å². The van der Waals surface area contributed by atoms with Gasteiger partial charge in [0.1, 0.15) is 0 Å². The van der Waals surface area contributed by atoms with Crippen LogP contribution in [0.15, 0.2) is 48.5 Å². The molecule has 4 N–H and O–H groups in total. The summed E-state index contributed by atoms with van der Waals surface area (Å²) < 4.78 is 0. The van der Waals surface area contributed by atoms with Gasteiger partial charge in [-0.25, -0.2) is 0 Å². The summed E-state index contributed by atoms with van der Waals surface area (Å²) in [6.45, 7) is 6.81. The van der Waals surface area contributed by atoms with Gasteiger partial charge in [0.15, 0.2) is 0 Å². The first-order valence-corrected chi connectivity index (χ1v) is 7.10. The molecule has 0 bridgehead atoms. The molecule has 1 aliphatic rings. The molecule has 104 valence electrons. The van der Waals surface area contributed by atoms with Gasteiger partial charge in [0.05, 0.1) is 0 Å². The molecular weight excluding hydrogens is 244 g/mol. The van der Waals surface area contributed by atoms with E-state index in [0.29, 0.717) is 0 Å². The topological polar surface area (TPSA) is 52.0 Å². The molecule has 20 heavy (non-hydrogen) atoms. The van der Waals surface area contributed by atoms with Crippen LogP contribution in [0.2, 0.25) is 0 Å². The Kier molecular flexibility index (Phi) is 2.70. The van der Waals surface area contributed by atoms with E-state index in [1.54, 1.807) is 0 Å². The molecule has 2 heteroatoms. The van der Waals surface area contributed by atoms with Gasteiger partial charge >= 0.3 is 0 Å². The van der Waals surface area contributed by atoms with Crippen molar-refractivity contribution < 1.29 is 0 Å². The highest BCUT2D eigenvalue weighted by atomic mass is 14.8. The minimum Gasteiger partial charge on any atom is -0.399 e. The standard InChI is InChI=1S/C18H22N2/c1-17(2)16(20)14-6-4-5-7-15(14)18(17,3)12-8-10-13(19)11-9-12/h4-11,16H,19-20H2,1-3H3. The molecule has 0 saturated carbocycles. The Hall–Kier alpha value is -1.80. The highest BCUT2D eigenvalue weighted by molar-refractivity contribution is 5.54. The SMILES string of the molecule is CC1(c2ccc(N)cc2)c2ccccc2C(N)C1(C)C. The van der Waals surface area contributed by atoms with E-state index < -0.39 is 0 Å². The Morgan fingerprint density at radius 1 is 0.900 bits per heavy atom. The molecule has 0 aliphatic heterocycles. The molecule has 0 fully saturated rings. The maximum atomic E-state index is 6.54. The highest BCUT2D eigenvalue weighted by Crippen LogP contribution is 2.59. The summed E-state index contributed by atoms with van der Waals surface area (Å²) >= 11 is 0. The molecule has 0 spiro atoms.